The first-order valence-corrected chi connectivity index (χ1v) is 7.96. The van der Waals surface area contributed by atoms with Crippen LogP contribution in [0.1, 0.15) is 25.1 Å². The molecule has 1 aromatic carbocycles. The molecule has 4 rings (SSSR count). The van der Waals surface area contributed by atoms with E-state index in [1.54, 1.807) is 0 Å². The second kappa shape index (κ2) is 5.07. The second-order valence-corrected chi connectivity index (χ2v) is 6.24. The number of nitrogens with two attached hydrogens (primary N) is 1. The summed E-state index contributed by atoms with van der Waals surface area (Å²) in [4.78, 5) is 7.86. The number of aryl methyl sites for hydroxylation is 1. The molecule has 0 atom stereocenters. The largest absolute Gasteiger partial charge is 0.399 e. The summed E-state index contributed by atoms with van der Waals surface area (Å²) in [5.74, 6) is 1.09. The molecule has 0 fully saturated rings. The predicted molar refractivity (Wildman–Crippen MR) is 82.2 cm³/mol. The topological polar surface area (TPSA) is 85.4 Å². The number of aromatic amines is 1. The van der Waals surface area contributed by atoms with Crippen LogP contribution >= 0.6 is 11.8 Å². The maximum Gasteiger partial charge on any atom is 0.198 e. The third-order valence-corrected chi connectivity index (χ3v) is 4.62. The van der Waals surface area contributed by atoms with E-state index in [0.717, 1.165) is 45.8 Å². The van der Waals surface area contributed by atoms with Gasteiger partial charge in [-0.3, -0.25) is 0 Å². The molecule has 21 heavy (non-hydrogen) atoms. The average molecular weight is 300 g/mol. The maximum absolute atomic E-state index is 5.80. The van der Waals surface area contributed by atoms with Gasteiger partial charge in [0.2, 0.25) is 0 Å². The number of rotatable bonds is 2. The number of hydrogen-bond acceptors (Lipinski definition) is 5. The van der Waals surface area contributed by atoms with E-state index in [4.69, 9.17) is 5.73 Å². The zero-order valence-electron chi connectivity index (χ0n) is 11.5. The lowest BCUT2D eigenvalue weighted by molar-refractivity contribution is 0.590. The Morgan fingerprint density at radius 3 is 3.10 bits per heavy atom. The number of nitrogens with one attached hydrogen (secondary N) is 1. The molecule has 1 aliphatic rings. The number of nitrogens with zero attached hydrogens (tertiary/aromatic N) is 4. The first-order valence-electron chi connectivity index (χ1n) is 7.15. The van der Waals surface area contributed by atoms with E-state index in [2.05, 4.69) is 24.7 Å². The third kappa shape index (κ3) is 2.37. The fourth-order valence-electron chi connectivity index (χ4n) is 2.67. The molecule has 0 bridgehead atoms. The minimum Gasteiger partial charge on any atom is -0.399 e. The van der Waals surface area contributed by atoms with Crippen LogP contribution in [0.5, 0.6) is 0 Å². The van der Waals surface area contributed by atoms with Crippen LogP contribution in [0.2, 0.25) is 0 Å². The summed E-state index contributed by atoms with van der Waals surface area (Å²) in [6, 6.07) is 5.69. The zero-order valence-corrected chi connectivity index (χ0v) is 12.4. The number of H-pyrrole nitrogens is 1. The first-order chi connectivity index (χ1) is 10.3. The highest BCUT2D eigenvalue weighted by Gasteiger charge is 2.16. The average Bonchev–Trinajstić information content (AvgIpc) is 2.95. The van der Waals surface area contributed by atoms with Gasteiger partial charge in [0.1, 0.15) is 5.82 Å². The molecule has 0 amide bonds. The van der Waals surface area contributed by atoms with Gasteiger partial charge in [-0.05, 0) is 42.8 Å². The van der Waals surface area contributed by atoms with Crippen LogP contribution in [0, 0.1) is 0 Å². The highest BCUT2D eigenvalue weighted by Crippen LogP contribution is 2.28. The number of benzene rings is 1. The van der Waals surface area contributed by atoms with Crippen molar-refractivity contribution >= 4 is 28.5 Å². The van der Waals surface area contributed by atoms with Crippen molar-refractivity contribution in [1.82, 2.24) is 24.7 Å². The second-order valence-electron chi connectivity index (χ2n) is 5.28. The van der Waals surface area contributed by atoms with Gasteiger partial charge in [0, 0.05) is 18.7 Å². The molecular weight excluding hydrogens is 284 g/mol. The Hall–Kier alpha value is -2.02. The van der Waals surface area contributed by atoms with Crippen molar-refractivity contribution < 1.29 is 0 Å². The quantitative estimate of drug-likeness (QED) is 0.711. The first kappa shape index (κ1) is 12.7. The smallest absolute Gasteiger partial charge is 0.198 e. The highest BCUT2D eigenvalue weighted by molar-refractivity contribution is 7.99. The summed E-state index contributed by atoms with van der Waals surface area (Å²) in [7, 11) is 0. The zero-order chi connectivity index (χ0) is 14.2. The van der Waals surface area contributed by atoms with E-state index in [9.17, 15) is 0 Å². The third-order valence-electron chi connectivity index (χ3n) is 3.75. The summed E-state index contributed by atoms with van der Waals surface area (Å²) in [6.45, 7) is 0.998. The van der Waals surface area contributed by atoms with E-state index in [1.807, 2.05) is 18.2 Å². The molecule has 3 heterocycles. The Bertz CT molecular complexity index is 790. The monoisotopic (exact) mass is 300 g/mol. The Morgan fingerprint density at radius 2 is 2.14 bits per heavy atom. The molecule has 1 aliphatic heterocycles. The highest BCUT2D eigenvalue weighted by atomic mass is 32.2. The van der Waals surface area contributed by atoms with E-state index >= 15 is 0 Å². The standard InChI is InChI=1S/C14H16N6S/c15-9-5-6-10-11(8-9)17-13(16-10)21-14-19-18-12-4-2-1-3-7-20(12)14/h5-6,8H,1-4,7,15H2,(H,16,17). The van der Waals surface area contributed by atoms with Gasteiger partial charge in [0.25, 0.3) is 0 Å². The van der Waals surface area contributed by atoms with Gasteiger partial charge in [-0.2, -0.15) is 0 Å². The van der Waals surface area contributed by atoms with Crippen LogP contribution in [0.15, 0.2) is 28.5 Å². The van der Waals surface area contributed by atoms with Crippen molar-refractivity contribution in [1.29, 1.82) is 0 Å². The number of anilines is 1. The van der Waals surface area contributed by atoms with Crippen molar-refractivity contribution in [3.8, 4) is 0 Å². The summed E-state index contributed by atoms with van der Waals surface area (Å²) >= 11 is 1.53. The van der Waals surface area contributed by atoms with E-state index < -0.39 is 0 Å². The fraction of sp³-hybridized carbons (Fsp3) is 0.357. The van der Waals surface area contributed by atoms with Gasteiger partial charge in [-0.1, -0.05) is 6.42 Å². The van der Waals surface area contributed by atoms with Gasteiger partial charge in [-0.25, -0.2) is 4.98 Å². The number of nitrogen functional groups attached to an aromatic ring is 1. The van der Waals surface area contributed by atoms with Crippen molar-refractivity contribution in [2.75, 3.05) is 5.73 Å². The van der Waals surface area contributed by atoms with Crippen LogP contribution in [-0.2, 0) is 13.0 Å². The molecule has 0 spiro atoms. The molecule has 0 radical (unpaired) electrons. The molecule has 6 nitrogen and oxygen atoms in total. The van der Waals surface area contributed by atoms with Crippen LogP contribution in [0.4, 0.5) is 5.69 Å². The number of hydrogen-bond donors (Lipinski definition) is 2. The number of imidazole rings is 1. The van der Waals surface area contributed by atoms with Crippen LogP contribution < -0.4 is 5.73 Å². The summed E-state index contributed by atoms with van der Waals surface area (Å²) in [6.07, 6.45) is 4.67. The summed E-state index contributed by atoms with van der Waals surface area (Å²) in [5, 5.41) is 10.4. The van der Waals surface area contributed by atoms with Gasteiger partial charge in [-0.15, -0.1) is 10.2 Å². The number of fused-ring (bicyclic) bond motifs is 2. The molecule has 0 unspecified atom stereocenters. The maximum atomic E-state index is 5.80. The van der Waals surface area contributed by atoms with Crippen molar-refractivity contribution in [3.05, 3.63) is 24.0 Å². The molecule has 0 aliphatic carbocycles. The SMILES string of the molecule is Nc1ccc2nc(Sc3nnc4n3CCCCC4)[nH]c2c1. The lowest BCUT2D eigenvalue weighted by Gasteiger charge is -2.04. The van der Waals surface area contributed by atoms with E-state index in [-0.39, 0.29) is 0 Å². The Balaban J connectivity index is 1.67. The molecule has 3 N–H and O–H groups in total. The number of aromatic nitrogens is 5. The van der Waals surface area contributed by atoms with Crippen LogP contribution in [0.3, 0.4) is 0 Å². The Morgan fingerprint density at radius 1 is 1.19 bits per heavy atom. The minimum atomic E-state index is 0.735. The van der Waals surface area contributed by atoms with Crippen molar-refractivity contribution in [3.63, 3.8) is 0 Å². The Kier molecular flexibility index (Phi) is 3.07. The van der Waals surface area contributed by atoms with Crippen LogP contribution in [-0.4, -0.2) is 24.7 Å². The molecule has 2 aromatic heterocycles. The summed E-state index contributed by atoms with van der Waals surface area (Å²) in [5.41, 5.74) is 8.40. The van der Waals surface area contributed by atoms with Gasteiger partial charge >= 0.3 is 0 Å². The summed E-state index contributed by atoms with van der Waals surface area (Å²) < 4.78 is 2.22. The van der Waals surface area contributed by atoms with Crippen molar-refractivity contribution in [2.45, 2.75) is 42.5 Å². The lowest BCUT2D eigenvalue weighted by Crippen LogP contribution is -2.02. The Labute approximate surface area is 126 Å². The molecule has 0 saturated carbocycles. The van der Waals surface area contributed by atoms with E-state index in [0.29, 0.717) is 0 Å². The molecule has 3 aromatic rings. The molecule has 0 saturated heterocycles. The molecular formula is C14H16N6S. The molecule has 7 heteroatoms. The van der Waals surface area contributed by atoms with Crippen LogP contribution in [0.25, 0.3) is 11.0 Å². The molecule has 108 valence electrons. The minimum absolute atomic E-state index is 0.735. The fourth-order valence-corrected chi connectivity index (χ4v) is 3.54. The van der Waals surface area contributed by atoms with Gasteiger partial charge < -0.3 is 15.3 Å². The van der Waals surface area contributed by atoms with Gasteiger partial charge in [0.15, 0.2) is 10.3 Å². The normalized spacial score (nSPS) is 15.0. The van der Waals surface area contributed by atoms with E-state index in [1.165, 1.54) is 31.0 Å². The lowest BCUT2D eigenvalue weighted by atomic mass is 10.2. The van der Waals surface area contributed by atoms with Crippen molar-refractivity contribution in [2.24, 2.45) is 0 Å². The predicted octanol–water partition coefficient (Wildman–Crippen LogP) is 2.61. The van der Waals surface area contributed by atoms with Gasteiger partial charge in [0.05, 0.1) is 11.0 Å².